The molecule has 1 aliphatic rings. The monoisotopic (exact) mass is 341 g/mol. The molecule has 0 aromatic carbocycles. The van der Waals surface area contributed by atoms with E-state index in [-0.39, 0.29) is 11.9 Å². The summed E-state index contributed by atoms with van der Waals surface area (Å²) in [4.78, 5) is 22.6. The van der Waals surface area contributed by atoms with Crippen LogP contribution < -0.4 is 16.4 Å². The highest BCUT2D eigenvalue weighted by molar-refractivity contribution is 5.98. The second-order valence-corrected chi connectivity index (χ2v) is 6.18. The highest BCUT2D eigenvalue weighted by Crippen LogP contribution is 2.31. The summed E-state index contributed by atoms with van der Waals surface area (Å²) in [5.74, 6) is 0.884. The van der Waals surface area contributed by atoms with Crippen molar-refractivity contribution in [1.82, 2.24) is 9.97 Å². The number of nitrogen functional groups attached to an aromatic ring is 1. The van der Waals surface area contributed by atoms with Crippen LogP contribution in [-0.4, -0.2) is 21.9 Å². The second kappa shape index (κ2) is 8.46. The van der Waals surface area contributed by atoms with Crippen LogP contribution >= 0.6 is 0 Å². The van der Waals surface area contributed by atoms with Crippen molar-refractivity contribution in [1.29, 1.82) is 0 Å². The van der Waals surface area contributed by atoms with Crippen LogP contribution in [0.2, 0.25) is 0 Å². The number of carbonyl (C=O) groups excluding carboxylic acids is 1. The van der Waals surface area contributed by atoms with Crippen molar-refractivity contribution in [3.8, 4) is 0 Å². The van der Waals surface area contributed by atoms with Gasteiger partial charge in [-0.15, -0.1) is 0 Å². The number of rotatable bonds is 7. The molecule has 0 radical (unpaired) electrons. The zero-order chi connectivity index (χ0) is 18.4. The van der Waals surface area contributed by atoms with Crippen molar-refractivity contribution in [3.05, 3.63) is 42.5 Å². The van der Waals surface area contributed by atoms with E-state index < -0.39 is 0 Å². The number of aromatic nitrogens is 2. The van der Waals surface area contributed by atoms with Crippen molar-refractivity contribution < 1.29 is 4.79 Å². The average Bonchev–Trinajstić information content (AvgIpc) is 2.93. The second-order valence-electron chi connectivity index (χ2n) is 6.18. The third-order valence-electron chi connectivity index (χ3n) is 4.44. The molecular weight excluding hydrogens is 314 g/mol. The molecule has 6 nitrogen and oxygen atoms in total. The van der Waals surface area contributed by atoms with Gasteiger partial charge < -0.3 is 16.4 Å². The van der Waals surface area contributed by atoms with Gasteiger partial charge in [0.2, 0.25) is 5.91 Å². The molecule has 1 aromatic heterocycles. The van der Waals surface area contributed by atoms with Crippen molar-refractivity contribution in [2.75, 3.05) is 10.6 Å². The number of anilines is 2. The van der Waals surface area contributed by atoms with E-state index in [0.29, 0.717) is 23.8 Å². The predicted octanol–water partition coefficient (Wildman–Crippen LogP) is 3.18. The topological polar surface area (TPSA) is 98.1 Å². The molecule has 4 N–H and O–H groups in total. The molecule has 1 fully saturated rings. The number of hydrogen-bond acceptors (Lipinski definition) is 5. The molecule has 134 valence electrons. The van der Waals surface area contributed by atoms with Gasteiger partial charge in [-0.25, -0.2) is 9.97 Å². The molecule has 1 aliphatic heterocycles. The number of carbonyl (C=O) groups is 1. The van der Waals surface area contributed by atoms with Gasteiger partial charge in [0.15, 0.2) is 11.6 Å². The molecular formula is C19H27N5O. The number of allylic oxidation sites excluding steroid dienone is 4. The van der Waals surface area contributed by atoms with Gasteiger partial charge in [0.25, 0.3) is 0 Å². The summed E-state index contributed by atoms with van der Waals surface area (Å²) in [5.41, 5.74) is 13.9. The maximum absolute atomic E-state index is 12.1. The van der Waals surface area contributed by atoms with Gasteiger partial charge in [0.1, 0.15) is 5.69 Å². The maximum Gasteiger partial charge on any atom is 0.227 e. The summed E-state index contributed by atoms with van der Waals surface area (Å²) < 4.78 is 0. The molecule has 1 unspecified atom stereocenters. The molecule has 2 heterocycles. The van der Waals surface area contributed by atoms with Crippen molar-refractivity contribution >= 4 is 23.0 Å². The Kier molecular flexibility index (Phi) is 6.33. The minimum absolute atomic E-state index is 0.0662. The summed E-state index contributed by atoms with van der Waals surface area (Å²) in [7, 11) is 0. The molecule has 0 saturated carbocycles. The van der Waals surface area contributed by atoms with Gasteiger partial charge in [-0.1, -0.05) is 25.7 Å². The lowest BCUT2D eigenvalue weighted by molar-refractivity contribution is -0.117. The largest absolute Gasteiger partial charge is 0.405 e. The lowest BCUT2D eigenvalue weighted by Gasteiger charge is -2.22. The Bertz CT molecular complexity index is 708. The van der Waals surface area contributed by atoms with Crippen molar-refractivity contribution in [2.24, 2.45) is 5.73 Å². The van der Waals surface area contributed by atoms with Gasteiger partial charge in [0, 0.05) is 18.0 Å². The first-order valence-corrected chi connectivity index (χ1v) is 8.69. The van der Waals surface area contributed by atoms with E-state index in [9.17, 15) is 4.79 Å². The fourth-order valence-corrected chi connectivity index (χ4v) is 2.99. The summed E-state index contributed by atoms with van der Waals surface area (Å²) in [5, 5.41) is 0. The summed E-state index contributed by atoms with van der Waals surface area (Å²) in [6, 6.07) is 0.120. The molecule has 0 aliphatic carbocycles. The Morgan fingerprint density at radius 1 is 1.48 bits per heavy atom. The molecule has 2 rings (SSSR count). The number of nitrogens with two attached hydrogens (primary N) is 2. The van der Waals surface area contributed by atoms with Crippen LogP contribution in [0.1, 0.15) is 51.8 Å². The summed E-state index contributed by atoms with van der Waals surface area (Å²) in [6.07, 6.45) is 11.2. The van der Waals surface area contributed by atoms with Gasteiger partial charge in [-0.3, -0.25) is 4.79 Å². The average molecular weight is 341 g/mol. The molecule has 0 bridgehead atoms. The molecule has 25 heavy (non-hydrogen) atoms. The first kappa shape index (κ1) is 18.7. The Morgan fingerprint density at radius 2 is 2.24 bits per heavy atom. The quantitative estimate of drug-likeness (QED) is 0.586. The normalized spacial score (nSPS) is 18.3. The van der Waals surface area contributed by atoms with E-state index in [1.807, 2.05) is 13.0 Å². The number of unbranched alkanes of at least 4 members (excludes halogenated alkanes) is 1. The van der Waals surface area contributed by atoms with Gasteiger partial charge in [-0.2, -0.15) is 0 Å². The molecule has 1 saturated heterocycles. The van der Waals surface area contributed by atoms with Crippen LogP contribution in [0.3, 0.4) is 0 Å². The molecule has 6 heteroatoms. The first-order valence-electron chi connectivity index (χ1n) is 8.69. The van der Waals surface area contributed by atoms with E-state index in [4.69, 9.17) is 11.5 Å². The summed E-state index contributed by atoms with van der Waals surface area (Å²) in [6.45, 7) is 8.19. The van der Waals surface area contributed by atoms with Gasteiger partial charge >= 0.3 is 0 Å². The predicted molar refractivity (Wildman–Crippen MR) is 103 cm³/mol. The minimum Gasteiger partial charge on any atom is -0.405 e. The number of nitrogens with zero attached hydrogens (tertiary/aromatic N) is 3. The highest BCUT2D eigenvalue weighted by Gasteiger charge is 2.30. The van der Waals surface area contributed by atoms with E-state index in [0.717, 1.165) is 36.8 Å². The van der Waals surface area contributed by atoms with Crippen molar-refractivity contribution in [2.45, 2.75) is 52.0 Å². The Balaban J connectivity index is 2.21. The van der Waals surface area contributed by atoms with E-state index in [1.54, 1.807) is 17.3 Å². The lowest BCUT2D eigenvalue weighted by Crippen LogP contribution is -2.31. The van der Waals surface area contributed by atoms with Gasteiger partial charge in [-0.05, 0) is 44.4 Å². The standard InChI is InChI=1S/C19H27N5O/c1-4-15(8-6-5-7-11-20)14(3)19-22-12-16(18(21)23-19)24-13(2)9-10-17(24)25/h7-8,11-13H,3-6,9-10,20H2,1-2H3,(H2,21,22,23)/b11-7-,15-8+. The van der Waals surface area contributed by atoms with Crippen molar-refractivity contribution in [3.63, 3.8) is 0 Å². The molecule has 1 atom stereocenters. The lowest BCUT2D eigenvalue weighted by atomic mass is 10.0. The van der Waals surface area contributed by atoms with Crippen LogP contribution in [0.25, 0.3) is 5.57 Å². The van der Waals surface area contributed by atoms with E-state index in [2.05, 4.69) is 29.5 Å². The Morgan fingerprint density at radius 3 is 2.80 bits per heavy atom. The van der Waals surface area contributed by atoms with Crippen LogP contribution in [0.5, 0.6) is 0 Å². The maximum atomic E-state index is 12.1. The number of amides is 1. The smallest absolute Gasteiger partial charge is 0.227 e. The fraction of sp³-hybridized carbons (Fsp3) is 0.421. The third-order valence-corrected chi connectivity index (χ3v) is 4.44. The van der Waals surface area contributed by atoms with Crippen LogP contribution in [0.4, 0.5) is 11.5 Å². The van der Waals surface area contributed by atoms with Crippen LogP contribution in [0, 0.1) is 0 Å². The van der Waals surface area contributed by atoms with Gasteiger partial charge in [0.05, 0.1) is 6.20 Å². The molecule has 1 aromatic rings. The van der Waals surface area contributed by atoms with Crippen LogP contribution in [-0.2, 0) is 4.79 Å². The van der Waals surface area contributed by atoms with E-state index >= 15 is 0 Å². The zero-order valence-electron chi connectivity index (χ0n) is 15.0. The Hall–Kier alpha value is -2.63. The minimum atomic E-state index is 0.0662. The first-order chi connectivity index (χ1) is 12.0. The van der Waals surface area contributed by atoms with E-state index in [1.165, 1.54) is 0 Å². The SMILES string of the molecule is C=C(/C(=C/CC/C=C\N)CC)c1ncc(N2C(=O)CCC2C)c(N)n1. The molecule has 1 amide bonds. The number of hydrogen-bond donors (Lipinski definition) is 2. The molecule has 0 spiro atoms. The fourth-order valence-electron chi connectivity index (χ4n) is 2.99. The van der Waals surface area contributed by atoms with Crippen LogP contribution in [0.15, 0.2) is 36.7 Å². The summed E-state index contributed by atoms with van der Waals surface area (Å²) >= 11 is 0. The third kappa shape index (κ3) is 4.26. The Labute approximate surface area is 149 Å². The highest BCUT2D eigenvalue weighted by atomic mass is 16.2. The zero-order valence-corrected chi connectivity index (χ0v) is 15.0.